The van der Waals surface area contributed by atoms with E-state index in [1.54, 1.807) is 27.5 Å². The van der Waals surface area contributed by atoms with Crippen molar-refractivity contribution in [3.8, 4) is 38.5 Å². The summed E-state index contributed by atoms with van der Waals surface area (Å²) in [7, 11) is 4.74. The quantitative estimate of drug-likeness (QED) is 0.715. The molecule has 3 aromatic rings. The fraction of sp³-hybridized carbons (Fsp3) is 0.188. The maximum atomic E-state index is 5.37. The molecule has 7 heteroatoms. The lowest BCUT2D eigenvalue weighted by Crippen LogP contribution is -1.95. The normalized spacial score (nSPS) is 10.4. The average molecular weight is 329 g/mol. The van der Waals surface area contributed by atoms with Gasteiger partial charge < -0.3 is 14.2 Å². The second kappa shape index (κ2) is 6.62. The molecule has 0 radical (unpaired) electrons. The van der Waals surface area contributed by atoms with E-state index in [1.165, 1.54) is 11.3 Å². The molecular weight excluding hydrogens is 314 g/mol. The van der Waals surface area contributed by atoms with Crippen molar-refractivity contribution < 1.29 is 14.2 Å². The first-order chi connectivity index (χ1) is 11.3. The van der Waals surface area contributed by atoms with E-state index in [0.717, 1.165) is 21.3 Å². The lowest BCUT2D eigenvalue weighted by molar-refractivity contribution is 0.324. The molecule has 0 N–H and O–H groups in total. The summed E-state index contributed by atoms with van der Waals surface area (Å²) in [6.07, 6.45) is 1.73. The van der Waals surface area contributed by atoms with E-state index in [-0.39, 0.29) is 0 Å². The molecule has 23 heavy (non-hydrogen) atoms. The molecule has 0 unspecified atom stereocenters. The summed E-state index contributed by atoms with van der Waals surface area (Å²) in [6, 6.07) is 9.39. The molecule has 0 saturated carbocycles. The first kappa shape index (κ1) is 15.2. The molecule has 0 aliphatic heterocycles. The highest BCUT2D eigenvalue weighted by Gasteiger charge is 2.17. The summed E-state index contributed by atoms with van der Waals surface area (Å²) in [5, 5.41) is 9.97. The van der Waals surface area contributed by atoms with Crippen molar-refractivity contribution >= 4 is 11.3 Å². The van der Waals surface area contributed by atoms with Crippen molar-refractivity contribution in [3.05, 3.63) is 36.5 Å². The van der Waals surface area contributed by atoms with E-state index in [4.69, 9.17) is 14.2 Å². The molecule has 3 rings (SSSR count). The van der Waals surface area contributed by atoms with Crippen molar-refractivity contribution in [1.29, 1.82) is 0 Å². The molecule has 0 aliphatic rings. The van der Waals surface area contributed by atoms with Gasteiger partial charge in [0, 0.05) is 11.8 Å². The van der Waals surface area contributed by atoms with Crippen LogP contribution in [0.4, 0.5) is 0 Å². The Bertz CT molecular complexity index is 780. The molecular formula is C16H15N3O3S. The molecule has 0 saturated heterocycles. The zero-order valence-corrected chi connectivity index (χ0v) is 13.8. The Morgan fingerprint density at radius 1 is 0.870 bits per heavy atom. The highest BCUT2D eigenvalue weighted by Crippen LogP contribution is 2.42. The molecule has 118 valence electrons. The van der Waals surface area contributed by atoms with Gasteiger partial charge in [0.05, 0.1) is 21.3 Å². The zero-order valence-electron chi connectivity index (χ0n) is 12.9. The summed E-state index contributed by atoms with van der Waals surface area (Å²) in [5.74, 6) is 1.71. The van der Waals surface area contributed by atoms with E-state index in [0.29, 0.717) is 17.2 Å². The van der Waals surface area contributed by atoms with Crippen LogP contribution in [-0.4, -0.2) is 36.5 Å². The summed E-state index contributed by atoms with van der Waals surface area (Å²) < 4.78 is 16.1. The average Bonchev–Trinajstić information content (AvgIpc) is 3.11. The van der Waals surface area contributed by atoms with Crippen LogP contribution in [0.5, 0.6) is 17.2 Å². The Labute approximate surface area is 137 Å². The molecule has 1 aromatic carbocycles. The van der Waals surface area contributed by atoms with Crippen LogP contribution < -0.4 is 14.2 Å². The first-order valence-electron chi connectivity index (χ1n) is 6.82. The van der Waals surface area contributed by atoms with Gasteiger partial charge >= 0.3 is 0 Å². The fourth-order valence-electron chi connectivity index (χ4n) is 2.14. The van der Waals surface area contributed by atoms with Gasteiger partial charge in [0.1, 0.15) is 10.7 Å². The molecule has 2 heterocycles. The smallest absolute Gasteiger partial charge is 0.203 e. The summed E-state index contributed by atoms with van der Waals surface area (Å²) in [5.41, 5.74) is 1.64. The zero-order chi connectivity index (χ0) is 16.2. The molecule has 0 spiro atoms. The second-order valence-electron chi connectivity index (χ2n) is 4.54. The van der Waals surface area contributed by atoms with Gasteiger partial charge in [-0.25, -0.2) is 0 Å². The van der Waals surface area contributed by atoms with Crippen molar-refractivity contribution in [3.63, 3.8) is 0 Å². The Morgan fingerprint density at radius 2 is 1.57 bits per heavy atom. The van der Waals surface area contributed by atoms with Crippen LogP contribution in [-0.2, 0) is 0 Å². The van der Waals surface area contributed by atoms with Crippen LogP contribution in [0.3, 0.4) is 0 Å². The van der Waals surface area contributed by atoms with Gasteiger partial charge in [-0.2, -0.15) is 0 Å². The third kappa shape index (κ3) is 2.95. The van der Waals surface area contributed by atoms with Crippen LogP contribution in [0.1, 0.15) is 0 Å². The Morgan fingerprint density at radius 3 is 2.13 bits per heavy atom. The fourth-order valence-corrected chi connectivity index (χ4v) is 2.94. The third-order valence-electron chi connectivity index (χ3n) is 3.22. The number of hydrogen-bond acceptors (Lipinski definition) is 7. The second-order valence-corrected chi connectivity index (χ2v) is 5.52. The predicted octanol–water partition coefficient (Wildman–Crippen LogP) is 3.29. The topological polar surface area (TPSA) is 66.4 Å². The summed E-state index contributed by atoms with van der Waals surface area (Å²) in [4.78, 5) is 4.29. The standard InChI is InChI=1S/C16H15N3O3S/c1-20-12-8-10(9-13(21-2)14(12)22-3)15-18-19-16(23-15)11-6-4-5-7-17-11/h4-9H,1-3H3. The Kier molecular flexibility index (Phi) is 4.38. The van der Waals surface area contributed by atoms with Crippen LogP contribution in [0.25, 0.3) is 21.3 Å². The minimum absolute atomic E-state index is 0.549. The number of ether oxygens (including phenoxy) is 3. The third-order valence-corrected chi connectivity index (χ3v) is 4.22. The van der Waals surface area contributed by atoms with Gasteiger partial charge in [0.2, 0.25) is 5.75 Å². The number of benzene rings is 1. The first-order valence-corrected chi connectivity index (χ1v) is 7.63. The molecule has 6 nitrogen and oxygen atoms in total. The van der Waals surface area contributed by atoms with E-state index in [2.05, 4.69) is 15.2 Å². The van der Waals surface area contributed by atoms with E-state index < -0.39 is 0 Å². The van der Waals surface area contributed by atoms with Crippen molar-refractivity contribution in [2.75, 3.05) is 21.3 Å². The highest BCUT2D eigenvalue weighted by atomic mass is 32.1. The lowest BCUT2D eigenvalue weighted by atomic mass is 10.2. The number of rotatable bonds is 5. The van der Waals surface area contributed by atoms with E-state index in [9.17, 15) is 0 Å². The molecule has 0 atom stereocenters. The van der Waals surface area contributed by atoms with Crippen LogP contribution in [0.2, 0.25) is 0 Å². The van der Waals surface area contributed by atoms with Gasteiger partial charge in [-0.3, -0.25) is 4.98 Å². The van der Waals surface area contributed by atoms with Gasteiger partial charge in [-0.05, 0) is 24.3 Å². The minimum Gasteiger partial charge on any atom is -0.493 e. The van der Waals surface area contributed by atoms with Gasteiger partial charge in [0.15, 0.2) is 16.5 Å². The molecule has 0 bridgehead atoms. The molecule has 2 aromatic heterocycles. The molecule has 0 amide bonds. The van der Waals surface area contributed by atoms with Crippen molar-refractivity contribution in [1.82, 2.24) is 15.2 Å². The number of pyridine rings is 1. The minimum atomic E-state index is 0.549. The summed E-state index contributed by atoms with van der Waals surface area (Å²) in [6.45, 7) is 0. The van der Waals surface area contributed by atoms with Gasteiger partial charge in [0.25, 0.3) is 0 Å². The SMILES string of the molecule is COc1cc(-c2nnc(-c3ccccn3)s2)cc(OC)c1OC. The number of hydrogen-bond donors (Lipinski definition) is 0. The highest BCUT2D eigenvalue weighted by molar-refractivity contribution is 7.17. The van der Waals surface area contributed by atoms with E-state index >= 15 is 0 Å². The predicted molar refractivity (Wildman–Crippen MR) is 88.2 cm³/mol. The largest absolute Gasteiger partial charge is 0.493 e. The van der Waals surface area contributed by atoms with Crippen molar-refractivity contribution in [2.24, 2.45) is 0 Å². The van der Waals surface area contributed by atoms with E-state index in [1.807, 2.05) is 30.3 Å². The number of nitrogens with zero attached hydrogens (tertiary/aromatic N) is 3. The molecule has 0 aliphatic carbocycles. The number of aromatic nitrogens is 3. The maximum Gasteiger partial charge on any atom is 0.203 e. The van der Waals surface area contributed by atoms with Gasteiger partial charge in [-0.1, -0.05) is 17.4 Å². The maximum absolute atomic E-state index is 5.37. The van der Waals surface area contributed by atoms with Crippen molar-refractivity contribution in [2.45, 2.75) is 0 Å². The number of methoxy groups -OCH3 is 3. The lowest BCUT2D eigenvalue weighted by Gasteiger charge is -2.13. The summed E-state index contributed by atoms with van der Waals surface area (Å²) >= 11 is 1.45. The van der Waals surface area contributed by atoms with Gasteiger partial charge in [-0.15, -0.1) is 10.2 Å². The monoisotopic (exact) mass is 329 g/mol. The molecule has 0 fully saturated rings. The van der Waals surface area contributed by atoms with Crippen LogP contribution in [0, 0.1) is 0 Å². The van der Waals surface area contributed by atoms with Crippen LogP contribution >= 0.6 is 11.3 Å². The Balaban J connectivity index is 2.04. The van der Waals surface area contributed by atoms with Crippen LogP contribution in [0.15, 0.2) is 36.5 Å². The Hall–Kier alpha value is -2.67.